The van der Waals surface area contributed by atoms with E-state index in [1.165, 1.54) is 5.56 Å². The van der Waals surface area contributed by atoms with Crippen LogP contribution in [0.5, 0.6) is 5.75 Å². The summed E-state index contributed by atoms with van der Waals surface area (Å²) in [6.07, 6.45) is 4.52. The lowest BCUT2D eigenvalue weighted by atomic mass is 10.00. The smallest absolute Gasteiger partial charge is 0.256 e. The molecule has 2 aliphatic rings. The molecule has 1 amide bonds. The summed E-state index contributed by atoms with van der Waals surface area (Å²) in [5, 5.41) is 0. The van der Waals surface area contributed by atoms with Gasteiger partial charge in [-0.25, -0.2) is 0 Å². The number of nitrogens with zero attached hydrogens (tertiary/aromatic N) is 2. The van der Waals surface area contributed by atoms with E-state index in [9.17, 15) is 4.79 Å². The normalized spacial score (nSPS) is 20.2. The minimum absolute atomic E-state index is 0.111. The molecule has 0 N–H and O–H groups in total. The van der Waals surface area contributed by atoms with Crippen molar-refractivity contribution in [2.24, 2.45) is 0 Å². The molecule has 2 heterocycles. The number of amides is 1. The van der Waals surface area contributed by atoms with Gasteiger partial charge in [-0.3, -0.25) is 4.79 Å². The molecule has 0 aromatic heterocycles. The number of hydrogen-bond donors (Lipinski definition) is 0. The van der Waals surface area contributed by atoms with Crippen molar-refractivity contribution in [2.75, 3.05) is 38.3 Å². The predicted molar refractivity (Wildman–Crippen MR) is 119 cm³/mol. The molecule has 30 heavy (non-hydrogen) atoms. The van der Waals surface area contributed by atoms with Crippen LogP contribution in [-0.4, -0.2) is 56.3 Å². The Bertz CT molecular complexity index is 795. The summed E-state index contributed by atoms with van der Waals surface area (Å²) in [7, 11) is 1.66. The summed E-state index contributed by atoms with van der Waals surface area (Å²) in [6.45, 7) is 3.79. The molecular formula is C25H32N2O3. The van der Waals surface area contributed by atoms with Gasteiger partial charge in [-0.1, -0.05) is 30.3 Å². The second-order valence-electron chi connectivity index (χ2n) is 8.22. The van der Waals surface area contributed by atoms with Gasteiger partial charge in [0, 0.05) is 38.0 Å². The Labute approximate surface area is 179 Å². The highest BCUT2D eigenvalue weighted by Gasteiger charge is 2.35. The Hall–Kier alpha value is -2.37. The number of methoxy groups -OCH3 is 1. The third-order valence-electron chi connectivity index (χ3n) is 6.27. The molecule has 160 valence electrons. The maximum atomic E-state index is 13.3. The van der Waals surface area contributed by atoms with Gasteiger partial charge < -0.3 is 19.3 Å². The zero-order chi connectivity index (χ0) is 20.8. The fraction of sp³-hybridized carbons (Fsp3) is 0.480. The highest BCUT2D eigenvalue weighted by atomic mass is 16.5. The van der Waals surface area contributed by atoms with E-state index in [2.05, 4.69) is 35.2 Å². The van der Waals surface area contributed by atoms with Gasteiger partial charge in [0.2, 0.25) is 0 Å². The molecule has 5 heteroatoms. The second-order valence-corrected chi connectivity index (χ2v) is 8.22. The summed E-state index contributed by atoms with van der Waals surface area (Å²) >= 11 is 0. The first-order valence-electron chi connectivity index (χ1n) is 11.1. The maximum Gasteiger partial charge on any atom is 0.256 e. The Morgan fingerprint density at radius 1 is 1.07 bits per heavy atom. The quantitative estimate of drug-likeness (QED) is 0.697. The summed E-state index contributed by atoms with van der Waals surface area (Å²) in [5.74, 6) is 0.916. The molecule has 0 aliphatic carbocycles. The van der Waals surface area contributed by atoms with Gasteiger partial charge in [-0.15, -0.1) is 0 Å². The number of likely N-dealkylation sites (tertiary alicyclic amines) is 1. The van der Waals surface area contributed by atoms with Gasteiger partial charge in [-0.2, -0.15) is 0 Å². The number of carbonyl (C=O) groups is 1. The van der Waals surface area contributed by atoms with Gasteiger partial charge in [0.1, 0.15) is 11.9 Å². The van der Waals surface area contributed by atoms with E-state index in [0.29, 0.717) is 6.61 Å². The molecule has 1 atom stereocenters. The van der Waals surface area contributed by atoms with Crippen molar-refractivity contribution in [3.63, 3.8) is 0 Å². The van der Waals surface area contributed by atoms with Crippen LogP contribution in [-0.2, 0) is 16.0 Å². The molecular weight excluding hydrogens is 376 g/mol. The van der Waals surface area contributed by atoms with Crippen molar-refractivity contribution in [1.82, 2.24) is 4.90 Å². The van der Waals surface area contributed by atoms with Crippen molar-refractivity contribution in [3.8, 4) is 5.75 Å². The zero-order valence-corrected chi connectivity index (χ0v) is 17.8. The van der Waals surface area contributed by atoms with Crippen molar-refractivity contribution < 1.29 is 14.3 Å². The first kappa shape index (κ1) is 20.9. The highest BCUT2D eigenvalue weighted by molar-refractivity contribution is 5.97. The van der Waals surface area contributed by atoms with Crippen molar-refractivity contribution in [1.29, 1.82) is 0 Å². The second kappa shape index (κ2) is 10.1. The van der Waals surface area contributed by atoms with E-state index in [-0.39, 0.29) is 18.1 Å². The molecule has 2 aliphatic heterocycles. The summed E-state index contributed by atoms with van der Waals surface area (Å²) in [4.78, 5) is 17.9. The number of rotatable bonds is 7. The van der Waals surface area contributed by atoms with E-state index in [4.69, 9.17) is 9.47 Å². The molecule has 0 spiro atoms. The fourth-order valence-electron chi connectivity index (χ4n) is 4.52. The van der Waals surface area contributed by atoms with Crippen LogP contribution in [0.4, 0.5) is 5.69 Å². The van der Waals surface area contributed by atoms with Gasteiger partial charge in [-0.05, 0) is 61.9 Å². The molecule has 2 aromatic carbocycles. The van der Waals surface area contributed by atoms with E-state index >= 15 is 0 Å². The molecule has 2 fully saturated rings. The minimum Gasteiger partial charge on any atom is -0.497 e. The van der Waals surface area contributed by atoms with E-state index in [0.717, 1.165) is 63.2 Å². The summed E-state index contributed by atoms with van der Waals surface area (Å²) < 4.78 is 11.0. The first-order valence-corrected chi connectivity index (χ1v) is 11.1. The molecule has 0 saturated carbocycles. The van der Waals surface area contributed by atoms with Crippen molar-refractivity contribution >= 4 is 11.6 Å². The number of anilines is 1. The Morgan fingerprint density at radius 3 is 2.43 bits per heavy atom. The van der Waals surface area contributed by atoms with Gasteiger partial charge in [0.05, 0.1) is 7.11 Å². The van der Waals surface area contributed by atoms with Crippen molar-refractivity contribution in [2.45, 2.75) is 44.2 Å². The van der Waals surface area contributed by atoms with Gasteiger partial charge in [0.15, 0.2) is 0 Å². The lowest BCUT2D eigenvalue weighted by Crippen LogP contribution is -2.50. The SMILES string of the molecule is COc1ccc(N(C(=O)C2CCCO2)C2CCN(CCc3ccccc3)CC2)cc1. The van der Waals surface area contributed by atoms with Crippen LogP contribution in [0, 0.1) is 0 Å². The van der Waals surface area contributed by atoms with Crippen LogP contribution >= 0.6 is 0 Å². The highest BCUT2D eigenvalue weighted by Crippen LogP contribution is 2.29. The summed E-state index contributed by atoms with van der Waals surface area (Å²) in [6, 6.07) is 18.7. The summed E-state index contributed by atoms with van der Waals surface area (Å²) in [5.41, 5.74) is 2.33. The number of piperidine rings is 1. The molecule has 1 unspecified atom stereocenters. The molecule has 2 aromatic rings. The number of carbonyl (C=O) groups excluding carboxylic acids is 1. The lowest BCUT2D eigenvalue weighted by Gasteiger charge is -2.39. The lowest BCUT2D eigenvalue weighted by molar-refractivity contribution is -0.128. The van der Waals surface area contributed by atoms with Gasteiger partial charge >= 0.3 is 0 Å². The molecule has 4 rings (SSSR count). The average Bonchev–Trinajstić information content (AvgIpc) is 3.35. The topological polar surface area (TPSA) is 42.0 Å². The third kappa shape index (κ3) is 5.02. The largest absolute Gasteiger partial charge is 0.497 e. The fourth-order valence-corrected chi connectivity index (χ4v) is 4.52. The van der Waals surface area contributed by atoms with E-state index < -0.39 is 0 Å². The predicted octanol–water partition coefficient (Wildman–Crippen LogP) is 3.91. The van der Waals surface area contributed by atoms with E-state index in [1.807, 2.05) is 29.2 Å². The number of hydrogen-bond acceptors (Lipinski definition) is 4. The van der Waals surface area contributed by atoms with Crippen LogP contribution in [0.15, 0.2) is 54.6 Å². The van der Waals surface area contributed by atoms with Gasteiger partial charge in [0.25, 0.3) is 5.91 Å². The zero-order valence-electron chi connectivity index (χ0n) is 17.8. The Morgan fingerprint density at radius 2 is 1.80 bits per heavy atom. The van der Waals surface area contributed by atoms with Crippen LogP contribution in [0.25, 0.3) is 0 Å². The minimum atomic E-state index is -0.303. The number of ether oxygens (including phenoxy) is 2. The van der Waals surface area contributed by atoms with E-state index in [1.54, 1.807) is 7.11 Å². The van der Waals surface area contributed by atoms with Crippen LogP contribution in [0.2, 0.25) is 0 Å². The average molecular weight is 409 g/mol. The van der Waals surface area contributed by atoms with Crippen LogP contribution in [0.1, 0.15) is 31.2 Å². The van der Waals surface area contributed by atoms with Crippen LogP contribution < -0.4 is 9.64 Å². The third-order valence-corrected chi connectivity index (χ3v) is 6.27. The molecule has 2 saturated heterocycles. The molecule has 0 radical (unpaired) electrons. The standard InChI is InChI=1S/C25H32N2O3/c1-29-23-11-9-21(10-12-23)27(25(28)24-8-5-19-30-24)22-14-17-26(18-15-22)16-13-20-6-3-2-4-7-20/h2-4,6-7,9-12,22,24H,5,8,13-19H2,1H3. The van der Waals surface area contributed by atoms with Crippen molar-refractivity contribution in [3.05, 3.63) is 60.2 Å². The maximum absolute atomic E-state index is 13.3. The Balaban J connectivity index is 1.41. The first-order chi connectivity index (χ1) is 14.7. The molecule has 0 bridgehead atoms. The molecule has 5 nitrogen and oxygen atoms in total. The Kier molecular flexibility index (Phi) is 7.03. The monoisotopic (exact) mass is 408 g/mol. The number of benzene rings is 2. The van der Waals surface area contributed by atoms with Crippen LogP contribution in [0.3, 0.4) is 0 Å².